The number of ether oxygens (including phenoxy) is 1. The first-order valence-corrected chi connectivity index (χ1v) is 7.61. The zero-order chi connectivity index (χ0) is 16.9. The molecule has 0 spiro atoms. The highest BCUT2D eigenvalue weighted by Crippen LogP contribution is 2.18. The molecule has 0 unspecified atom stereocenters. The monoisotopic (exact) mass is 344 g/mol. The molecule has 3 aromatic rings. The van der Waals surface area contributed by atoms with E-state index in [-0.39, 0.29) is 17.5 Å². The Morgan fingerprint density at radius 2 is 1.96 bits per heavy atom. The average Bonchev–Trinajstić information content (AvgIpc) is 3.27. The summed E-state index contributed by atoms with van der Waals surface area (Å²) >= 11 is 1.15. The van der Waals surface area contributed by atoms with Crippen LogP contribution in [-0.4, -0.2) is 39.1 Å². The van der Waals surface area contributed by atoms with Crippen LogP contribution >= 0.6 is 11.3 Å². The number of thiazole rings is 1. The van der Waals surface area contributed by atoms with Crippen molar-refractivity contribution in [3.8, 4) is 5.75 Å². The molecule has 1 aromatic carbocycles. The van der Waals surface area contributed by atoms with Gasteiger partial charge in [-0.1, -0.05) is 0 Å². The highest BCUT2D eigenvalue weighted by molar-refractivity contribution is 7.14. The molecule has 0 bridgehead atoms. The minimum Gasteiger partial charge on any atom is -0.497 e. The number of nitrogens with one attached hydrogen (secondary N) is 3. The van der Waals surface area contributed by atoms with Gasteiger partial charge in [0.25, 0.3) is 11.8 Å². The van der Waals surface area contributed by atoms with E-state index in [4.69, 9.17) is 4.74 Å². The Morgan fingerprint density at radius 3 is 2.62 bits per heavy atom. The number of aromatic nitrogens is 4. The summed E-state index contributed by atoms with van der Waals surface area (Å²) in [6.07, 6.45) is 1.27. The molecule has 3 rings (SSSR count). The molecule has 9 nitrogen and oxygen atoms in total. The van der Waals surface area contributed by atoms with Crippen LogP contribution in [0.2, 0.25) is 0 Å². The lowest BCUT2D eigenvalue weighted by Gasteiger charge is -2.03. The molecule has 0 fully saturated rings. The summed E-state index contributed by atoms with van der Waals surface area (Å²) < 4.78 is 5.04. The Hall–Kier alpha value is -3.27. The highest BCUT2D eigenvalue weighted by atomic mass is 32.1. The summed E-state index contributed by atoms with van der Waals surface area (Å²) in [7, 11) is 1.55. The van der Waals surface area contributed by atoms with E-state index in [1.54, 1.807) is 31.4 Å². The van der Waals surface area contributed by atoms with Crippen LogP contribution in [0.4, 0.5) is 11.1 Å². The van der Waals surface area contributed by atoms with Crippen LogP contribution in [-0.2, 0) is 0 Å². The van der Waals surface area contributed by atoms with Gasteiger partial charge in [-0.25, -0.2) is 10.1 Å². The van der Waals surface area contributed by atoms with Crippen LogP contribution in [0.1, 0.15) is 20.8 Å². The Labute approximate surface area is 140 Å². The van der Waals surface area contributed by atoms with Gasteiger partial charge in [0.1, 0.15) is 17.8 Å². The zero-order valence-corrected chi connectivity index (χ0v) is 13.3. The lowest BCUT2D eigenvalue weighted by Crippen LogP contribution is -2.15. The van der Waals surface area contributed by atoms with Crippen LogP contribution < -0.4 is 15.4 Å². The van der Waals surface area contributed by atoms with Gasteiger partial charge in [0.15, 0.2) is 5.13 Å². The maximum atomic E-state index is 12.1. The topological polar surface area (TPSA) is 122 Å². The molecule has 122 valence electrons. The molecule has 10 heteroatoms. The first-order valence-electron chi connectivity index (χ1n) is 6.73. The molecule has 2 aromatic heterocycles. The number of H-pyrrole nitrogens is 1. The summed E-state index contributed by atoms with van der Waals surface area (Å²) in [6.45, 7) is 0. The van der Waals surface area contributed by atoms with Crippen molar-refractivity contribution in [2.45, 2.75) is 0 Å². The Balaban J connectivity index is 1.64. The second-order valence-corrected chi connectivity index (χ2v) is 5.37. The van der Waals surface area contributed by atoms with Gasteiger partial charge in [-0.3, -0.25) is 20.2 Å². The maximum absolute atomic E-state index is 12.1. The number of hydrogen-bond donors (Lipinski definition) is 3. The average molecular weight is 344 g/mol. The van der Waals surface area contributed by atoms with E-state index >= 15 is 0 Å². The fourth-order valence-electron chi connectivity index (χ4n) is 1.78. The number of carbonyl (C=O) groups excluding carboxylic acids is 2. The van der Waals surface area contributed by atoms with E-state index in [2.05, 4.69) is 30.8 Å². The molecule has 0 atom stereocenters. The van der Waals surface area contributed by atoms with Crippen LogP contribution in [0.3, 0.4) is 0 Å². The number of methoxy groups -OCH3 is 1. The van der Waals surface area contributed by atoms with Crippen LogP contribution in [0.5, 0.6) is 5.75 Å². The normalized spacial score (nSPS) is 10.2. The highest BCUT2D eigenvalue weighted by Gasteiger charge is 2.14. The number of aromatic amines is 1. The number of carbonyl (C=O) groups is 2. The van der Waals surface area contributed by atoms with Gasteiger partial charge in [-0.15, -0.1) is 11.3 Å². The van der Waals surface area contributed by atoms with E-state index in [9.17, 15) is 9.59 Å². The Bertz CT molecular complexity index is 844. The standard InChI is InChI=1S/C14H12N6O3S/c1-23-9-4-2-8(3-5-9)11(21)19-14-17-10(6-24-14)12(22)18-13-15-7-16-20-13/h2-7H,1H3,(H,17,19,21)(H2,15,16,18,20,22). The van der Waals surface area contributed by atoms with Crippen molar-refractivity contribution in [2.75, 3.05) is 17.7 Å². The molecule has 0 saturated carbocycles. The largest absolute Gasteiger partial charge is 0.497 e. The summed E-state index contributed by atoms with van der Waals surface area (Å²) in [5.41, 5.74) is 0.625. The number of benzene rings is 1. The summed E-state index contributed by atoms with van der Waals surface area (Å²) in [4.78, 5) is 32.0. The van der Waals surface area contributed by atoms with E-state index in [0.717, 1.165) is 11.3 Å². The SMILES string of the molecule is COc1ccc(C(=O)Nc2nc(C(=O)Nc3ncn[nH]3)cs2)cc1. The second kappa shape index (κ2) is 6.87. The number of anilines is 2. The van der Waals surface area contributed by atoms with E-state index in [0.29, 0.717) is 16.4 Å². The van der Waals surface area contributed by atoms with Crippen molar-refractivity contribution in [3.63, 3.8) is 0 Å². The third-order valence-electron chi connectivity index (χ3n) is 2.96. The van der Waals surface area contributed by atoms with Crippen molar-refractivity contribution >= 4 is 34.2 Å². The van der Waals surface area contributed by atoms with Crippen LogP contribution in [0.15, 0.2) is 36.0 Å². The first-order chi connectivity index (χ1) is 11.7. The molecular weight excluding hydrogens is 332 g/mol. The number of nitrogens with zero attached hydrogens (tertiary/aromatic N) is 3. The Morgan fingerprint density at radius 1 is 1.17 bits per heavy atom. The third-order valence-corrected chi connectivity index (χ3v) is 3.71. The number of amides is 2. The quantitative estimate of drug-likeness (QED) is 0.648. The van der Waals surface area contributed by atoms with Crippen molar-refractivity contribution in [1.29, 1.82) is 0 Å². The smallest absolute Gasteiger partial charge is 0.277 e. The lowest BCUT2D eigenvalue weighted by molar-refractivity contribution is 0.101. The predicted molar refractivity (Wildman–Crippen MR) is 87.4 cm³/mol. The van der Waals surface area contributed by atoms with E-state index in [1.807, 2.05) is 0 Å². The molecule has 0 aliphatic heterocycles. The summed E-state index contributed by atoms with van der Waals surface area (Å²) in [6, 6.07) is 6.65. The maximum Gasteiger partial charge on any atom is 0.277 e. The zero-order valence-electron chi connectivity index (χ0n) is 12.4. The molecule has 2 amide bonds. The first kappa shape index (κ1) is 15.6. The third kappa shape index (κ3) is 3.55. The Kier molecular flexibility index (Phi) is 4.47. The minimum absolute atomic E-state index is 0.168. The fraction of sp³-hybridized carbons (Fsp3) is 0.0714. The fourth-order valence-corrected chi connectivity index (χ4v) is 2.47. The van der Waals surface area contributed by atoms with Crippen molar-refractivity contribution in [2.24, 2.45) is 0 Å². The molecule has 24 heavy (non-hydrogen) atoms. The van der Waals surface area contributed by atoms with Gasteiger partial charge in [0.2, 0.25) is 5.95 Å². The van der Waals surface area contributed by atoms with Crippen LogP contribution in [0, 0.1) is 0 Å². The molecule has 0 aliphatic carbocycles. The van der Waals surface area contributed by atoms with E-state index in [1.165, 1.54) is 11.7 Å². The molecule has 0 aliphatic rings. The predicted octanol–water partition coefficient (Wildman–Crippen LogP) is 1.77. The lowest BCUT2D eigenvalue weighted by atomic mass is 10.2. The summed E-state index contributed by atoms with van der Waals surface area (Å²) in [5, 5.41) is 13.1. The molecule has 2 heterocycles. The van der Waals surface area contributed by atoms with Gasteiger partial charge in [-0.05, 0) is 24.3 Å². The number of rotatable bonds is 5. The van der Waals surface area contributed by atoms with Gasteiger partial charge >= 0.3 is 0 Å². The second-order valence-electron chi connectivity index (χ2n) is 4.51. The van der Waals surface area contributed by atoms with Gasteiger partial charge in [-0.2, -0.15) is 10.1 Å². The van der Waals surface area contributed by atoms with Gasteiger partial charge in [0, 0.05) is 10.9 Å². The molecule has 3 N–H and O–H groups in total. The van der Waals surface area contributed by atoms with Crippen molar-refractivity contribution < 1.29 is 14.3 Å². The number of hydrogen-bond acceptors (Lipinski definition) is 7. The summed E-state index contributed by atoms with van der Waals surface area (Å²) in [5.74, 6) is 0.103. The van der Waals surface area contributed by atoms with Crippen LogP contribution in [0.25, 0.3) is 0 Å². The molecule has 0 saturated heterocycles. The van der Waals surface area contributed by atoms with Gasteiger partial charge < -0.3 is 4.74 Å². The minimum atomic E-state index is -0.451. The van der Waals surface area contributed by atoms with E-state index < -0.39 is 5.91 Å². The van der Waals surface area contributed by atoms with Gasteiger partial charge in [0.05, 0.1) is 7.11 Å². The van der Waals surface area contributed by atoms with Crippen molar-refractivity contribution in [1.82, 2.24) is 20.2 Å². The van der Waals surface area contributed by atoms with Crippen molar-refractivity contribution in [3.05, 3.63) is 47.2 Å². The molecular formula is C14H12N6O3S. The molecule has 0 radical (unpaired) electrons.